The minimum Gasteiger partial charge on any atom is -0.352 e. The summed E-state index contributed by atoms with van der Waals surface area (Å²) in [6, 6.07) is 7.88. The van der Waals surface area contributed by atoms with Crippen LogP contribution >= 0.6 is 0 Å². The Kier molecular flexibility index (Phi) is 5.75. The fourth-order valence-electron chi connectivity index (χ4n) is 1.70. The van der Waals surface area contributed by atoms with E-state index in [0.717, 1.165) is 18.5 Å². The maximum absolute atomic E-state index is 11.8. The van der Waals surface area contributed by atoms with Gasteiger partial charge in [-0.1, -0.05) is 45.7 Å². The normalized spacial score (nSPS) is 10.6. The molecule has 2 nitrogen and oxygen atoms in total. The molecule has 0 radical (unpaired) electrons. The van der Waals surface area contributed by atoms with Crippen LogP contribution in [0.15, 0.2) is 24.3 Å². The lowest BCUT2D eigenvalue weighted by molar-refractivity contribution is 0.0953. The Morgan fingerprint density at radius 1 is 1.18 bits per heavy atom. The minimum absolute atomic E-state index is 0.0383. The van der Waals surface area contributed by atoms with Gasteiger partial charge in [0.2, 0.25) is 0 Å². The van der Waals surface area contributed by atoms with Gasteiger partial charge in [0.05, 0.1) is 0 Å². The Hall–Kier alpha value is -1.31. The number of carbonyl (C=O) groups excluding carboxylic acids is 1. The summed E-state index contributed by atoms with van der Waals surface area (Å²) in [7, 11) is 0. The molecule has 1 rings (SSSR count). The summed E-state index contributed by atoms with van der Waals surface area (Å²) in [5.41, 5.74) is 2.03. The maximum atomic E-state index is 11.8. The highest BCUT2D eigenvalue weighted by atomic mass is 16.1. The van der Waals surface area contributed by atoms with Gasteiger partial charge in [0.15, 0.2) is 0 Å². The Bertz CT molecular complexity index is 340. The van der Waals surface area contributed by atoms with Crippen molar-refractivity contribution >= 4 is 5.91 Å². The zero-order valence-corrected chi connectivity index (χ0v) is 11.1. The van der Waals surface area contributed by atoms with Crippen LogP contribution in [0, 0.1) is 0 Å². The number of hydrogen-bond acceptors (Lipinski definition) is 1. The maximum Gasteiger partial charge on any atom is 0.251 e. The molecule has 1 N–H and O–H groups in total. The Morgan fingerprint density at radius 2 is 1.82 bits per heavy atom. The Balaban J connectivity index is 2.46. The van der Waals surface area contributed by atoms with Crippen molar-refractivity contribution in [3.63, 3.8) is 0 Å². The summed E-state index contributed by atoms with van der Waals surface area (Å²) in [5, 5.41) is 2.94. The van der Waals surface area contributed by atoms with E-state index in [9.17, 15) is 4.79 Å². The molecule has 0 aromatic heterocycles. The molecule has 0 aliphatic rings. The Morgan fingerprint density at radius 3 is 2.35 bits per heavy atom. The van der Waals surface area contributed by atoms with Crippen molar-refractivity contribution in [3.8, 4) is 0 Å². The average Bonchev–Trinajstić information content (AvgIpc) is 2.34. The SMILES string of the molecule is CCCCCNC(=O)c1ccc(C(C)C)cc1. The number of carbonyl (C=O) groups is 1. The van der Waals surface area contributed by atoms with Gasteiger partial charge in [-0.3, -0.25) is 4.79 Å². The third-order valence-corrected chi connectivity index (χ3v) is 2.91. The second kappa shape index (κ2) is 7.10. The zero-order chi connectivity index (χ0) is 12.7. The van der Waals surface area contributed by atoms with Crippen LogP contribution in [0.5, 0.6) is 0 Å². The van der Waals surface area contributed by atoms with Gasteiger partial charge in [-0.25, -0.2) is 0 Å². The molecule has 0 saturated carbocycles. The molecule has 0 bridgehead atoms. The molecule has 0 atom stereocenters. The molecule has 0 fully saturated rings. The summed E-state index contributed by atoms with van der Waals surface area (Å²) in [4.78, 5) is 11.8. The lowest BCUT2D eigenvalue weighted by Crippen LogP contribution is -2.24. The van der Waals surface area contributed by atoms with E-state index in [0.29, 0.717) is 5.92 Å². The van der Waals surface area contributed by atoms with Gasteiger partial charge in [-0.2, -0.15) is 0 Å². The molecular weight excluding hydrogens is 210 g/mol. The predicted molar refractivity (Wildman–Crippen MR) is 72.4 cm³/mol. The van der Waals surface area contributed by atoms with Gasteiger partial charge in [0, 0.05) is 12.1 Å². The highest BCUT2D eigenvalue weighted by Crippen LogP contribution is 2.14. The van der Waals surface area contributed by atoms with Gasteiger partial charge in [0.1, 0.15) is 0 Å². The number of hydrogen-bond donors (Lipinski definition) is 1. The monoisotopic (exact) mass is 233 g/mol. The summed E-state index contributed by atoms with van der Waals surface area (Å²) < 4.78 is 0. The molecule has 0 saturated heterocycles. The van der Waals surface area contributed by atoms with E-state index in [4.69, 9.17) is 0 Å². The van der Waals surface area contributed by atoms with Crippen molar-refractivity contribution < 1.29 is 4.79 Å². The van der Waals surface area contributed by atoms with Crippen LogP contribution in [0.25, 0.3) is 0 Å². The van der Waals surface area contributed by atoms with E-state index in [2.05, 4.69) is 26.1 Å². The van der Waals surface area contributed by atoms with E-state index in [1.54, 1.807) is 0 Å². The van der Waals surface area contributed by atoms with Gasteiger partial charge < -0.3 is 5.32 Å². The standard InChI is InChI=1S/C15H23NO/c1-4-5-6-11-16-15(17)14-9-7-13(8-10-14)12(2)3/h7-10,12H,4-6,11H2,1-3H3,(H,16,17). The van der Waals surface area contributed by atoms with Crippen LogP contribution in [-0.4, -0.2) is 12.5 Å². The summed E-state index contributed by atoms with van der Waals surface area (Å²) in [6.45, 7) is 7.24. The first-order valence-corrected chi connectivity index (χ1v) is 6.53. The second-order valence-electron chi connectivity index (χ2n) is 4.74. The van der Waals surface area contributed by atoms with E-state index in [1.807, 2.05) is 24.3 Å². The van der Waals surface area contributed by atoms with E-state index in [-0.39, 0.29) is 5.91 Å². The topological polar surface area (TPSA) is 29.1 Å². The van der Waals surface area contributed by atoms with E-state index < -0.39 is 0 Å². The highest BCUT2D eigenvalue weighted by Gasteiger charge is 2.05. The molecule has 2 heteroatoms. The molecule has 0 spiro atoms. The predicted octanol–water partition coefficient (Wildman–Crippen LogP) is 3.73. The van der Waals surface area contributed by atoms with Crippen LogP contribution in [0.3, 0.4) is 0 Å². The average molecular weight is 233 g/mol. The first-order valence-electron chi connectivity index (χ1n) is 6.53. The van der Waals surface area contributed by atoms with Crippen LogP contribution in [0.2, 0.25) is 0 Å². The van der Waals surface area contributed by atoms with Gasteiger partial charge >= 0.3 is 0 Å². The minimum atomic E-state index is 0.0383. The van der Waals surface area contributed by atoms with Gasteiger partial charge in [-0.05, 0) is 30.0 Å². The number of unbranched alkanes of at least 4 members (excludes halogenated alkanes) is 2. The van der Waals surface area contributed by atoms with Crippen molar-refractivity contribution in [2.75, 3.05) is 6.54 Å². The lowest BCUT2D eigenvalue weighted by atomic mass is 10.0. The number of amides is 1. The first-order chi connectivity index (χ1) is 8.15. The van der Waals surface area contributed by atoms with Crippen molar-refractivity contribution in [3.05, 3.63) is 35.4 Å². The molecule has 0 heterocycles. The summed E-state index contributed by atoms with van der Waals surface area (Å²) in [5.74, 6) is 0.549. The van der Waals surface area contributed by atoms with Crippen molar-refractivity contribution in [2.45, 2.75) is 46.0 Å². The molecule has 1 aromatic carbocycles. The van der Waals surface area contributed by atoms with Gasteiger partial charge in [0.25, 0.3) is 5.91 Å². The van der Waals surface area contributed by atoms with Crippen molar-refractivity contribution in [1.29, 1.82) is 0 Å². The molecule has 0 aliphatic carbocycles. The van der Waals surface area contributed by atoms with Crippen LogP contribution < -0.4 is 5.32 Å². The summed E-state index contributed by atoms with van der Waals surface area (Å²) >= 11 is 0. The van der Waals surface area contributed by atoms with E-state index in [1.165, 1.54) is 18.4 Å². The summed E-state index contributed by atoms with van der Waals surface area (Å²) in [6.07, 6.45) is 3.41. The lowest BCUT2D eigenvalue weighted by Gasteiger charge is -2.07. The number of rotatable bonds is 6. The molecule has 1 amide bonds. The molecule has 0 unspecified atom stereocenters. The quantitative estimate of drug-likeness (QED) is 0.745. The highest BCUT2D eigenvalue weighted by molar-refractivity contribution is 5.94. The second-order valence-corrected chi connectivity index (χ2v) is 4.74. The third kappa shape index (κ3) is 4.59. The van der Waals surface area contributed by atoms with E-state index >= 15 is 0 Å². The van der Waals surface area contributed by atoms with Crippen molar-refractivity contribution in [1.82, 2.24) is 5.32 Å². The van der Waals surface area contributed by atoms with Crippen LogP contribution in [0.4, 0.5) is 0 Å². The van der Waals surface area contributed by atoms with Gasteiger partial charge in [-0.15, -0.1) is 0 Å². The fraction of sp³-hybridized carbons (Fsp3) is 0.533. The molecular formula is C15H23NO. The smallest absolute Gasteiger partial charge is 0.251 e. The third-order valence-electron chi connectivity index (χ3n) is 2.91. The van der Waals surface area contributed by atoms with Crippen molar-refractivity contribution in [2.24, 2.45) is 0 Å². The Labute approximate surface area is 104 Å². The number of nitrogens with one attached hydrogen (secondary N) is 1. The largest absolute Gasteiger partial charge is 0.352 e. The molecule has 94 valence electrons. The van der Waals surface area contributed by atoms with Crippen LogP contribution in [0.1, 0.15) is 61.9 Å². The molecule has 0 aliphatic heterocycles. The number of benzene rings is 1. The molecule has 17 heavy (non-hydrogen) atoms. The molecule has 1 aromatic rings. The van der Waals surface area contributed by atoms with Crippen LogP contribution in [-0.2, 0) is 0 Å². The fourth-order valence-corrected chi connectivity index (χ4v) is 1.70. The zero-order valence-electron chi connectivity index (χ0n) is 11.1. The first kappa shape index (κ1) is 13.8.